The van der Waals surface area contributed by atoms with E-state index < -0.39 is 6.10 Å². The van der Waals surface area contributed by atoms with Crippen molar-refractivity contribution in [3.05, 3.63) is 35.6 Å². The van der Waals surface area contributed by atoms with Crippen molar-refractivity contribution >= 4 is 0 Å². The number of benzene rings is 1. The van der Waals surface area contributed by atoms with Gasteiger partial charge in [-0.1, -0.05) is 12.1 Å². The van der Waals surface area contributed by atoms with Crippen molar-refractivity contribution in [1.29, 1.82) is 0 Å². The number of ether oxygens (including phenoxy) is 3. The van der Waals surface area contributed by atoms with E-state index in [2.05, 4.69) is 0 Å². The van der Waals surface area contributed by atoms with Crippen LogP contribution in [0.3, 0.4) is 0 Å². The first-order valence-electron chi connectivity index (χ1n) is 6.23. The van der Waals surface area contributed by atoms with Gasteiger partial charge in [0.25, 0.3) is 0 Å². The largest absolute Gasteiger partial charge is 0.501 e. The highest BCUT2D eigenvalue weighted by Gasteiger charge is 2.24. The van der Waals surface area contributed by atoms with Crippen LogP contribution in [0, 0.1) is 0 Å². The Morgan fingerprint density at radius 2 is 2.00 bits per heavy atom. The number of rotatable bonds is 2. The molecule has 0 fully saturated rings. The van der Waals surface area contributed by atoms with Crippen molar-refractivity contribution in [2.75, 3.05) is 19.8 Å². The van der Waals surface area contributed by atoms with Gasteiger partial charge in [0.15, 0.2) is 11.5 Å². The first kappa shape index (κ1) is 11.4. The van der Waals surface area contributed by atoms with E-state index in [1.165, 1.54) is 0 Å². The first-order valence-corrected chi connectivity index (χ1v) is 6.23. The summed E-state index contributed by atoms with van der Waals surface area (Å²) in [6, 6.07) is 5.60. The highest BCUT2D eigenvalue weighted by molar-refractivity contribution is 5.50. The van der Waals surface area contributed by atoms with Gasteiger partial charge in [0.1, 0.15) is 19.3 Å². The Morgan fingerprint density at radius 3 is 2.83 bits per heavy atom. The van der Waals surface area contributed by atoms with Crippen LogP contribution >= 0.6 is 0 Å². The van der Waals surface area contributed by atoms with E-state index in [-0.39, 0.29) is 0 Å². The van der Waals surface area contributed by atoms with Crippen molar-refractivity contribution in [2.24, 2.45) is 0 Å². The number of aliphatic hydroxyl groups excluding tert-OH is 1. The zero-order chi connectivity index (χ0) is 12.4. The quantitative estimate of drug-likeness (QED) is 0.871. The topological polar surface area (TPSA) is 47.9 Å². The highest BCUT2D eigenvalue weighted by Crippen LogP contribution is 2.40. The van der Waals surface area contributed by atoms with Crippen LogP contribution in [-0.2, 0) is 4.74 Å². The van der Waals surface area contributed by atoms with Crippen LogP contribution in [0.25, 0.3) is 0 Å². The summed E-state index contributed by atoms with van der Waals surface area (Å²) in [6.07, 6.45) is 2.78. The molecular formula is C14H16O4. The predicted molar refractivity (Wildman–Crippen MR) is 65.7 cm³/mol. The number of hydrogen-bond acceptors (Lipinski definition) is 4. The van der Waals surface area contributed by atoms with Crippen LogP contribution in [0.15, 0.2) is 30.0 Å². The first-order chi connectivity index (χ1) is 8.86. The van der Waals surface area contributed by atoms with Crippen molar-refractivity contribution in [1.82, 2.24) is 0 Å². The summed E-state index contributed by atoms with van der Waals surface area (Å²) in [5.74, 6) is 1.36. The smallest absolute Gasteiger partial charge is 0.167 e. The molecule has 18 heavy (non-hydrogen) atoms. The lowest BCUT2D eigenvalue weighted by Gasteiger charge is -2.25. The minimum absolute atomic E-state index is 0.520. The third-order valence-electron chi connectivity index (χ3n) is 3.20. The summed E-state index contributed by atoms with van der Waals surface area (Å²) in [6.45, 7) is 1.80. The third kappa shape index (κ3) is 2.04. The second-order valence-corrected chi connectivity index (χ2v) is 4.44. The third-order valence-corrected chi connectivity index (χ3v) is 3.20. The van der Waals surface area contributed by atoms with Crippen molar-refractivity contribution in [3.8, 4) is 11.5 Å². The molecule has 1 atom stereocenters. The van der Waals surface area contributed by atoms with Crippen LogP contribution in [-0.4, -0.2) is 24.9 Å². The van der Waals surface area contributed by atoms with Gasteiger partial charge < -0.3 is 19.3 Å². The van der Waals surface area contributed by atoms with Crippen molar-refractivity contribution < 1.29 is 19.3 Å². The average molecular weight is 248 g/mol. The van der Waals surface area contributed by atoms with Gasteiger partial charge in [-0.05, 0) is 24.5 Å². The molecule has 4 nitrogen and oxygen atoms in total. The van der Waals surface area contributed by atoms with Gasteiger partial charge in [-0.2, -0.15) is 0 Å². The summed E-state index contributed by atoms with van der Waals surface area (Å²) in [5, 5.41) is 10.4. The molecule has 4 heteroatoms. The fraction of sp³-hybridized carbons (Fsp3) is 0.429. The van der Waals surface area contributed by atoms with Crippen LogP contribution in [0.1, 0.15) is 24.5 Å². The highest BCUT2D eigenvalue weighted by atomic mass is 16.6. The van der Waals surface area contributed by atoms with E-state index in [9.17, 15) is 5.11 Å². The van der Waals surface area contributed by atoms with E-state index in [0.29, 0.717) is 24.7 Å². The average Bonchev–Trinajstić information content (AvgIpc) is 2.47. The van der Waals surface area contributed by atoms with E-state index in [1.807, 2.05) is 18.2 Å². The van der Waals surface area contributed by atoms with E-state index in [4.69, 9.17) is 14.2 Å². The fourth-order valence-corrected chi connectivity index (χ4v) is 2.30. The molecule has 1 unspecified atom stereocenters. The number of hydrogen-bond donors (Lipinski definition) is 1. The van der Waals surface area contributed by atoms with Crippen molar-refractivity contribution in [2.45, 2.75) is 18.9 Å². The van der Waals surface area contributed by atoms with Gasteiger partial charge in [0.05, 0.1) is 12.9 Å². The Morgan fingerprint density at radius 1 is 1.11 bits per heavy atom. The lowest BCUT2D eigenvalue weighted by atomic mass is 9.97. The number of fused-ring (bicyclic) bond motifs is 1. The Bertz CT molecular complexity index is 467. The predicted octanol–water partition coefficient (Wildman–Crippen LogP) is 2.19. The molecule has 0 spiro atoms. The molecule has 0 aliphatic carbocycles. The Labute approximate surface area is 106 Å². The van der Waals surface area contributed by atoms with Gasteiger partial charge in [0, 0.05) is 5.56 Å². The molecular weight excluding hydrogens is 232 g/mol. The maximum Gasteiger partial charge on any atom is 0.167 e. The lowest BCUT2D eigenvalue weighted by Crippen LogP contribution is -2.18. The molecule has 1 aromatic rings. The normalized spacial score (nSPS) is 19.7. The summed E-state index contributed by atoms with van der Waals surface area (Å²) in [5.41, 5.74) is 1.65. The van der Waals surface area contributed by atoms with Crippen molar-refractivity contribution in [3.63, 3.8) is 0 Å². The maximum absolute atomic E-state index is 10.4. The van der Waals surface area contributed by atoms with Crippen LogP contribution in [0.4, 0.5) is 0 Å². The zero-order valence-corrected chi connectivity index (χ0v) is 10.1. The SMILES string of the molecule is OC(C1=COCCC1)c1cccc2c1OCCO2. The second-order valence-electron chi connectivity index (χ2n) is 4.44. The molecule has 0 aromatic heterocycles. The Kier molecular flexibility index (Phi) is 3.11. The van der Waals surface area contributed by atoms with Crippen LogP contribution in [0.5, 0.6) is 11.5 Å². The molecule has 0 radical (unpaired) electrons. The Balaban J connectivity index is 1.93. The van der Waals surface area contributed by atoms with E-state index in [1.54, 1.807) is 6.26 Å². The molecule has 0 amide bonds. The van der Waals surface area contributed by atoms with Crippen LogP contribution < -0.4 is 9.47 Å². The van der Waals surface area contributed by atoms with Gasteiger partial charge in [-0.25, -0.2) is 0 Å². The molecule has 96 valence electrons. The molecule has 1 N–H and O–H groups in total. The standard InChI is InChI=1S/C14H16O4/c15-13(10-3-2-6-16-9-10)11-4-1-5-12-14(11)18-8-7-17-12/h1,4-5,9,13,15H,2-3,6-8H2. The molecule has 2 aliphatic heterocycles. The summed E-state index contributed by atoms with van der Waals surface area (Å²) in [4.78, 5) is 0. The molecule has 2 aliphatic rings. The molecule has 0 bridgehead atoms. The summed E-state index contributed by atoms with van der Waals surface area (Å²) >= 11 is 0. The van der Waals surface area contributed by atoms with Gasteiger partial charge in [-0.3, -0.25) is 0 Å². The zero-order valence-electron chi connectivity index (χ0n) is 10.1. The molecule has 0 saturated carbocycles. The van der Waals surface area contributed by atoms with Gasteiger partial charge in [0.2, 0.25) is 0 Å². The Hall–Kier alpha value is -1.68. The van der Waals surface area contributed by atoms with Crippen LogP contribution in [0.2, 0.25) is 0 Å². The summed E-state index contributed by atoms with van der Waals surface area (Å²) < 4.78 is 16.4. The lowest BCUT2D eigenvalue weighted by molar-refractivity contribution is 0.148. The minimum Gasteiger partial charge on any atom is -0.501 e. The maximum atomic E-state index is 10.4. The monoisotopic (exact) mass is 248 g/mol. The van der Waals surface area contributed by atoms with E-state index in [0.717, 1.165) is 30.6 Å². The molecule has 2 heterocycles. The molecule has 0 saturated heterocycles. The minimum atomic E-state index is -0.679. The number of para-hydroxylation sites is 1. The summed E-state index contributed by atoms with van der Waals surface area (Å²) in [7, 11) is 0. The second kappa shape index (κ2) is 4.90. The van der Waals surface area contributed by atoms with E-state index >= 15 is 0 Å². The fourth-order valence-electron chi connectivity index (χ4n) is 2.30. The number of aliphatic hydroxyl groups is 1. The van der Waals surface area contributed by atoms with Gasteiger partial charge in [-0.15, -0.1) is 0 Å². The van der Waals surface area contributed by atoms with Gasteiger partial charge >= 0.3 is 0 Å². The molecule has 1 aromatic carbocycles. The molecule has 3 rings (SSSR count).